The van der Waals surface area contributed by atoms with Gasteiger partial charge in [0.1, 0.15) is 12.0 Å². The Morgan fingerprint density at radius 3 is 2.22 bits per heavy atom. The molecular weight excluding hydrogens is 224 g/mol. The average Bonchev–Trinajstić information content (AvgIpc) is 2.45. The van der Waals surface area contributed by atoms with Crippen LogP contribution in [0.15, 0.2) is 54.6 Å². The molecule has 0 aliphatic rings. The standard InChI is InChI=1S/C16H16O2/c17-12-4-5-13-18-16-10-8-15(9-11-16)14-6-2-1-3-7-14/h1-3,6-12H,4-5,13H2. The zero-order valence-corrected chi connectivity index (χ0v) is 10.2. The third-order valence-electron chi connectivity index (χ3n) is 2.70. The molecule has 2 aromatic carbocycles. The van der Waals surface area contributed by atoms with Gasteiger partial charge in [-0.1, -0.05) is 42.5 Å². The maximum Gasteiger partial charge on any atom is 0.120 e. The van der Waals surface area contributed by atoms with Crippen LogP contribution < -0.4 is 4.74 Å². The van der Waals surface area contributed by atoms with Gasteiger partial charge in [-0.3, -0.25) is 0 Å². The van der Waals surface area contributed by atoms with E-state index >= 15 is 0 Å². The van der Waals surface area contributed by atoms with E-state index in [1.54, 1.807) is 0 Å². The summed E-state index contributed by atoms with van der Waals surface area (Å²) in [5, 5.41) is 0. The number of benzene rings is 2. The van der Waals surface area contributed by atoms with Crippen LogP contribution in [0.25, 0.3) is 11.1 Å². The van der Waals surface area contributed by atoms with Crippen molar-refractivity contribution in [2.45, 2.75) is 12.8 Å². The summed E-state index contributed by atoms with van der Waals surface area (Å²) in [5.74, 6) is 0.848. The van der Waals surface area contributed by atoms with Crippen LogP contribution in [0.4, 0.5) is 0 Å². The van der Waals surface area contributed by atoms with Crippen molar-refractivity contribution in [3.05, 3.63) is 54.6 Å². The van der Waals surface area contributed by atoms with Crippen molar-refractivity contribution in [1.29, 1.82) is 0 Å². The predicted molar refractivity (Wildman–Crippen MR) is 72.7 cm³/mol. The zero-order chi connectivity index (χ0) is 12.6. The lowest BCUT2D eigenvalue weighted by Crippen LogP contribution is -1.97. The topological polar surface area (TPSA) is 26.3 Å². The molecule has 0 spiro atoms. The second-order valence-corrected chi connectivity index (χ2v) is 4.05. The highest BCUT2D eigenvalue weighted by molar-refractivity contribution is 5.63. The molecule has 0 unspecified atom stereocenters. The third-order valence-corrected chi connectivity index (χ3v) is 2.70. The van der Waals surface area contributed by atoms with Crippen LogP contribution >= 0.6 is 0 Å². The van der Waals surface area contributed by atoms with Gasteiger partial charge in [0, 0.05) is 6.42 Å². The fourth-order valence-corrected chi connectivity index (χ4v) is 1.73. The molecule has 0 aromatic heterocycles. The first-order valence-corrected chi connectivity index (χ1v) is 6.12. The summed E-state index contributed by atoms with van der Waals surface area (Å²) in [4.78, 5) is 10.2. The summed E-state index contributed by atoms with van der Waals surface area (Å²) in [6.07, 6.45) is 2.24. The van der Waals surface area contributed by atoms with Gasteiger partial charge in [0.05, 0.1) is 6.61 Å². The van der Waals surface area contributed by atoms with Gasteiger partial charge in [-0.2, -0.15) is 0 Å². The molecule has 0 heterocycles. The first-order chi connectivity index (χ1) is 8.90. The lowest BCUT2D eigenvalue weighted by Gasteiger charge is -2.06. The molecule has 2 aromatic rings. The van der Waals surface area contributed by atoms with Gasteiger partial charge in [0.2, 0.25) is 0 Å². The number of aldehydes is 1. The normalized spacial score (nSPS) is 10.0. The van der Waals surface area contributed by atoms with Gasteiger partial charge >= 0.3 is 0 Å². The van der Waals surface area contributed by atoms with Gasteiger partial charge in [-0.05, 0) is 29.7 Å². The minimum atomic E-state index is 0.558. The van der Waals surface area contributed by atoms with Crippen LogP contribution in [0.1, 0.15) is 12.8 Å². The predicted octanol–water partition coefficient (Wildman–Crippen LogP) is 3.71. The second kappa shape index (κ2) is 6.60. The molecule has 0 saturated carbocycles. The highest BCUT2D eigenvalue weighted by Crippen LogP contribution is 2.22. The van der Waals surface area contributed by atoms with Crippen LogP contribution in [-0.2, 0) is 4.79 Å². The summed E-state index contributed by atoms with van der Waals surface area (Å²) in [6, 6.07) is 18.2. The monoisotopic (exact) mass is 240 g/mol. The van der Waals surface area contributed by atoms with Crippen molar-refractivity contribution in [1.82, 2.24) is 0 Å². The molecule has 0 saturated heterocycles. The van der Waals surface area contributed by atoms with Gasteiger partial charge in [-0.15, -0.1) is 0 Å². The van der Waals surface area contributed by atoms with Crippen molar-refractivity contribution in [3.63, 3.8) is 0 Å². The van der Waals surface area contributed by atoms with Gasteiger partial charge in [0.15, 0.2) is 0 Å². The molecule has 92 valence electrons. The highest BCUT2D eigenvalue weighted by atomic mass is 16.5. The van der Waals surface area contributed by atoms with E-state index in [4.69, 9.17) is 4.74 Å². The summed E-state index contributed by atoms with van der Waals surface area (Å²) in [6.45, 7) is 0.587. The Bertz CT molecular complexity index is 474. The zero-order valence-electron chi connectivity index (χ0n) is 10.2. The third kappa shape index (κ3) is 3.45. The molecule has 2 heteroatoms. The van der Waals surface area contributed by atoms with E-state index in [1.165, 1.54) is 11.1 Å². The fraction of sp³-hybridized carbons (Fsp3) is 0.188. The summed E-state index contributed by atoms with van der Waals surface area (Å²) < 4.78 is 5.54. The van der Waals surface area contributed by atoms with Gasteiger partial charge in [-0.25, -0.2) is 0 Å². The summed E-state index contributed by atoms with van der Waals surface area (Å²) in [5.41, 5.74) is 2.38. The first-order valence-electron chi connectivity index (χ1n) is 6.12. The summed E-state index contributed by atoms with van der Waals surface area (Å²) in [7, 11) is 0. The molecule has 0 N–H and O–H groups in total. The highest BCUT2D eigenvalue weighted by Gasteiger charge is 1.97. The smallest absolute Gasteiger partial charge is 0.120 e. The number of hydrogen-bond acceptors (Lipinski definition) is 2. The van der Waals surface area contributed by atoms with Gasteiger partial charge in [0.25, 0.3) is 0 Å². The van der Waals surface area contributed by atoms with E-state index < -0.39 is 0 Å². The van der Waals surface area contributed by atoms with Crippen molar-refractivity contribution >= 4 is 6.29 Å². The van der Waals surface area contributed by atoms with Crippen LogP contribution in [0, 0.1) is 0 Å². The Morgan fingerprint density at radius 2 is 1.56 bits per heavy atom. The number of hydrogen-bond donors (Lipinski definition) is 0. The maximum absolute atomic E-state index is 10.2. The van der Waals surface area contributed by atoms with E-state index in [0.29, 0.717) is 13.0 Å². The quantitative estimate of drug-likeness (QED) is 0.568. The van der Waals surface area contributed by atoms with Gasteiger partial charge < -0.3 is 9.53 Å². The lowest BCUT2D eigenvalue weighted by atomic mass is 10.1. The number of unbranched alkanes of at least 4 members (excludes halogenated alkanes) is 1. The van der Waals surface area contributed by atoms with E-state index in [-0.39, 0.29) is 0 Å². The number of rotatable bonds is 6. The van der Waals surface area contributed by atoms with E-state index in [9.17, 15) is 4.79 Å². The fourth-order valence-electron chi connectivity index (χ4n) is 1.73. The Balaban J connectivity index is 1.95. The molecule has 0 bridgehead atoms. The number of ether oxygens (including phenoxy) is 1. The molecule has 0 amide bonds. The van der Waals surface area contributed by atoms with Crippen LogP contribution in [0.5, 0.6) is 5.75 Å². The maximum atomic E-state index is 10.2. The number of carbonyl (C=O) groups excluding carboxylic acids is 1. The molecule has 0 radical (unpaired) electrons. The Morgan fingerprint density at radius 1 is 0.889 bits per heavy atom. The van der Waals surface area contributed by atoms with Crippen molar-refractivity contribution in [2.75, 3.05) is 6.61 Å². The van der Waals surface area contributed by atoms with Crippen LogP contribution in [-0.4, -0.2) is 12.9 Å². The van der Waals surface area contributed by atoms with Crippen molar-refractivity contribution < 1.29 is 9.53 Å². The van der Waals surface area contributed by atoms with E-state index in [2.05, 4.69) is 12.1 Å². The minimum Gasteiger partial charge on any atom is -0.494 e. The SMILES string of the molecule is O=CCCCOc1ccc(-c2ccccc2)cc1. The molecule has 2 nitrogen and oxygen atoms in total. The molecule has 0 aliphatic carbocycles. The van der Waals surface area contributed by atoms with E-state index in [0.717, 1.165) is 18.5 Å². The molecule has 0 atom stereocenters. The molecular formula is C16H16O2. The van der Waals surface area contributed by atoms with E-state index in [1.807, 2.05) is 42.5 Å². The largest absolute Gasteiger partial charge is 0.494 e. The van der Waals surface area contributed by atoms with Crippen molar-refractivity contribution in [3.8, 4) is 16.9 Å². The average molecular weight is 240 g/mol. The molecule has 0 fully saturated rings. The van der Waals surface area contributed by atoms with Crippen LogP contribution in [0.3, 0.4) is 0 Å². The second-order valence-electron chi connectivity index (χ2n) is 4.05. The Labute approximate surface area is 107 Å². The number of carbonyl (C=O) groups is 1. The Kier molecular flexibility index (Phi) is 4.53. The molecule has 2 rings (SSSR count). The molecule has 18 heavy (non-hydrogen) atoms. The molecule has 0 aliphatic heterocycles. The van der Waals surface area contributed by atoms with Crippen LogP contribution in [0.2, 0.25) is 0 Å². The Hall–Kier alpha value is -2.09. The lowest BCUT2D eigenvalue weighted by molar-refractivity contribution is -0.108. The van der Waals surface area contributed by atoms with Crippen molar-refractivity contribution in [2.24, 2.45) is 0 Å². The summed E-state index contributed by atoms with van der Waals surface area (Å²) >= 11 is 0. The minimum absolute atomic E-state index is 0.558. The first kappa shape index (κ1) is 12.4.